The Labute approximate surface area is 253 Å². The average molecular weight is 616 g/mol. The molecular formula is C34H45Cl2Zr-. The van der Waals surface area contributed by atoms with Gasteiger partial charge < -0.3 is 0 Å². The predicted molar refractivity (Wildman–Crippen MR) is 164 cm³/mol. The summed E-state index contributed by atoms with van der Waals surface area (Å²) in [7, 11) is 0. The van der Waals surface area contributed by atoms with Crippen LogP contribution in [-0.2, 0) is 29.7 Å². The van der Waals surface area contributed by atoms with Gasteiger partial charge in [-0.3, -0.25) is 0 Å². The third kappa shape index (κ3) is 6.70. The molecular weight excluding hydrogens is 571 g/mol. The Kier molecular flexibility index (Phi) is 11.1. The molecule has 0 N–H and O–H groups in total. The molecule has 1 aromatic rings. The molecule has 0 radical (unpaired) electrons. The molecule has 0 amide bonds. The molecule has 4 aliphatic carbocycles. The van der Waals surface area contributed by atoms with E-state index in [1.807, 2.05) is 0 Å². The van der Waals surface area contributed by atoms with E-state index in [-0.39, 0.29) is 41.1 Å². The molecule has 0 heterocycles. The predicted octanol–water partition coefficient (Wildman–Crippen LogP) is 8.44. The molecule has 1 aromatic carbocycles. The van der Waals surface area contributed by atoms with Crippen LogP contribution in [0.3, 0.4) is 0 Å². The van der Waals surface area contributed by atoms with Gasteiger partial charge in [-0.15, -0.1) is 36.5 Å². The van der Waals surface area contributed by atoms with E-state index in [1.165, 1.54) is 70.4 Å². The van der Waals surface area contributed by atoms with Crippen LogP contribution in [0.15, 0.2) is 59.2 Å². The molecule has 0 nitrogen and oxygen atoms in total. The van der Waals surface area contributed by atoms with Crippen molar-refractivity contribution in [3.05, 3.63) is 81.3 Å². The molecule has 1 unspecified atom stereocenters. The minimum absolute atomic E-state index is 0. The molecule has 0 spiro atoms. The van der Waals surface area contributed by atoms with Crippen molar-refractivity contribution in [2.24, 2.45) is 10.8 Å². The monoisotopic (exact) mass is 613 g/mol. The van der Waals surface area contributed by atoms with Crippen molar-refractivity contribution in [2.75, 3.05) is 0 Å². The van der Waals surface area contributed by atoms with Gasteiger partial charge in [-0.2, -0.15) is 17.7 Å². The van der Waals surface area contributed by atoms with E-state index in [1.54, 1.807) is 27.4 Å². The zero-order chi connectivity index (χ0) is 25.4. The molecule has 1 fully saturated rings. The third-order valence-electron chi connectivity index (χ3n) is 8.16. The maximum absolute atomic E-state index is 4.02. The Bertz CT molecular complexity index is 1250. The van der Waals surface area contributed by atoms with E-state index in [2.05, 4.69) is 103 Å². The summed E-state index contributed by atoms with van der Waals surface area (Å²) < 4.78 is 1.80. The maximum atomic E-state index is 4.02. The standard InChI is InChI=1S/C28H33.C6H10.2ClH.Zr/c1-8-19-10-9-11-25(19)28(27(5,6)7)15-14-24-21(18-28)16-20-17-22(26(2,3)4)12-13-23(20)24;1-2-4-6-5-3-1;;;/h9-10,12-17H,8,11H2,1-7H3;1-5H2;2*1H;/q-1;;;;. The number of hydrogen-bond acceptors (Lipinski definition) is 0. The molecule has 0 bridgehead atoms. The zero-order valence-electron chi connectivity index (χ0n) is 23.9. The van der Waals surface area contributed by atoms with Gasteiger partial charge in [-0.1, -0.05) is 101 Å². The van der Waals surface area contributed by atoms with Crippen molar-refractivity contribution >= 4 is 39.7 Å². The number of fused-ring (bicyclic) bond motifs is 2. The fourth-order valence-corrected chi connectivity index (χ4v) is 6.73. The van der Waals surface area contributed by atoms with Gasteiger partial charge in [0.05, 0.1) is 0 Å². The van der Waals surface area contributed by atoms with Crippen LogP contribution in [0.2, 0.25) is 0 Å². The van der Waals surface area contributed by atoms with Crippen molar-refractivity contribution < 1.29 is 24.2 Å². The fraction of sp³-hybridized carbons (Fsp3) is 0.500. The van der Waals surface area contributed by atoms with Crippen molar-refractivity contribution in [3.8, 4) is 0 Å². The van der Waals surface area contributed by atoms with Gasteiger partial charge in [0.2, 0.25) is 0 Å². The summed E-state index contributed by atoms with van der Waals surface area (Å²) in [6.07, 6.45) is 25.3. The fourth-order valence-electron chi connectivity index (χ4n) is 5.86. The number of halogens is 2. The molecule has 5 rings (SSSR count). The molecule has 0 aliphatic heterocycles. The Morgan fingerprint density at radius 3 is 2.16 bits per heavy atom. The average Bonchev–Trinajstić information content (AvgIpc) is 3.42. The number of allylic oxidation sites excluding steroid dienone is 8. The minimum atomic E-state index is -0.147. The van der Waals surface area contributed by atoms with E-state index in [4.69, 9.17) is 0 Å². The summed E-state index contributed by atoms with van der Waals surface area (Å²) in [6, 6.07) is 6.97. The number of rotatable bonds is 2. The van der Waals surface area contributed by atoms with Crippen molar-refractivity contribution in [3.63, 3.8) is 0 Å². The van der Waals surface area contributed by atoms with Crippen LogP contribution in [0.4, 0.5) is 0 Å². The first-order chi connectivity index (χ1) is 16.5. The second kappa shape index (κ2) is 12.6. The van der Waals surface area contributed by atoms with Crippen LogP contribution in [0, 0.1) is 16.9 Å². The van der Waals surface area contributed by atoms with Gasteiger partial charge in [0, 0.05) is 0 Å². The summed E-state index contributed by atoms with van der Waals surface area (Å²) in [4.78, 5) is 0. The first-order valence-electron chi connectivity index (χ1n) is 13.6. The van der Waals surface area contributed by atoms with Crippen LogP contribution < -0.4 is 10.4 Å². The first-order valence-corrected chi connectivity index (χ1v) is 14.9. The molecule has 0 saturated heterocycles. The van der Waals surface area contributed by atoms with Crippen molar-refractivity contribution in [1.82, 2.24) is 0 Å². The van der Waals surface area contributed by atoms with E-state index >= 15 is 0 Å². The summed E-state index contributed by atoms with van der Waals surface area (Å²) in [5.74, 6) is 0. The second-order valence-corrected chi connectivity index (χ2v) is 14.4. The normalized spacial score (nSPS) is 22.2. The summed E-state index contributed by atoms with van der Waals surface area (Å²) in [5.41, 5.74) is 7.11. The van der Waals surface area contributed by atoms with Gasteiger partial charge >= 0.3 is 59.5 Å². The van der Waals surface area contributed by atoms with Crippen molar-refractivity contribution in [1.29, 1.82) is 0 Å². The Hall–Kier alpha value is -0.747. The summed E-state index contributed by atoms with van der Waals surface area (Å²) in [5, 5.41) is 2.69. The van der Waals surface area contributed by atoms with E-state index < -0.39 is 0 Å². The molecule has 4 aliphatic rings. The molecule has 1 atom stereocenters. The zero-order valence-corrected chi connectivity index (χ0v) is 28.0. The molecule has 200 valence electrons. The Balaban J connectivity index is 0.000000466. The summed E-state index contributed by atoms with van der Waals surface area (Å²) >= 11 is 1.69. The SMILES string of the molecule is CCC1=C(C2(C(C)(C)C)[C-]=C3C=c4cc(C(C)(C)C)ccc4=C3C=C2)CC=C1.Cl.Cl.[Zr]=[C]1CCCCC1. The van der Waals surface area contributed by atoms with Crippen LogP contribution in [-0.4, -0.2) is 3.21 Å². The van der Waals surface area contributed by atoms with E-state index in [9.17, 15) is 0 Å². The van der Waals surface area contributed by atoms with Crippen molar-refractivity contribution in [2.45, 2.75) is 98.8 Å². The molecule has 3 heteroatoms. The van der Waals surface area contributed by atoms with Gasteiger partial charge in [-0.05, 0) is 40.2 Å². The number of benzene rings is 1. The second-order valence-electron chi connectivity index (χ2n) is 12.7. The third-order valence-corrected chi connectivity index (χ3v) is 9.38. The molecule has 37 heavy (non-hydrogen) atoms. The van der Waals surface area contributed by atoms with Crippen LogP contribution in [0.25, 0.3) is 11.6 Å². The van der Waals surface area contributed by atoms with E-state index in [0.717, 1.165) is 12.8 Å². The Morgan fingerprint density at radius 1 is 0.946 bits per heavy atom. The summed E-state index contributed by atoms with van der Waals surface area (Å²) in [6.45, 7) is 16.2. The molecule has 0 aromatic heterocycles. The van der Waals surface area contributed by atoms with Gasteiger partial charge in [0.25, 0.3) is 0 Å². The quantitative estimate of drug-likeness (QED) is 0.293. The van der Waals surface area contributed by atoms with Crippen LogP contribution >= 0.6 is 24.8 Å². The van der Waals surface area contributed by atoms with Gasteiger partial charge in [-0.25, -0.2) is 0 Å². The topological polar surface area (TPSA) is 0 Å². The molecule has 1 saturated carbocycles. The van der Waals surface area contributed by atoms with E-state index in [0.29, 0.717) is 0 Å². The first kappa shape index (κ1) is 32.5. The number of hydrogen-bond donors (Lipinski definition) is 0. The van der Waals surface area contributed by atoms with Gasteiger partial charge in [0.1, 0.15) is 0 Å². The van der Waals surface area contributed by atoms with Crippen LogP contribution in [0.5, 0.6) is 0 Å². The van der Waals surface area contributed by atoms with Crippen LogP contribution in [0.1, 0.15) is 99.0 Å². The Morgan fingerprint density at radius 2 is 1.62 bits per heavy atom. The van der Waals surface area contributed by atoms with Gasteiger partial charge in [0.15, 0.2) is 0 Å².